The second-order valence-corrected chi connectivity index (χ2v) is 8.23. The van der Waals surface area contributed by atoms with E-state index in [1.807, 2.05) is 48.5 Å². The summed E-state index contributed by atoms with van der Waals surface area (Å²) in [4.78, 5) is 26.0. The monoisotopic (exact) mass is 396 g/mol. The Labute approximate surface area is 174 Å². The van der Waals surface area contributed by atoms with Crippen molar-refractivity contribution >= 4 is 17.5 Å². The SMILES string of the molecule is COc1ccc(CCN(CCC(=O)Nc2ccc(C(C)(C)C)cc2)C(C)=O)cc1. The lowest BCUT2D eigenvalue weighted by Gasteiger charge is -2.21. The van der Waals surface area contributed by atoms with Crippen molar-refractivity contribution in [1.29, 1.82) is 0 Å². The van der Waals surface area contributed by atoms with Gasteiger partial charge in [0.2, 0.25) is 11.8 Å². The van der Waals surface area contributed by atoms with Crippen LogP contribution in [0.3, 0.4) is 0 Å². The topological polar surface area (TPSA) is 58.6 Å². The van der Waals surface area contributed by atoms with Crippen LogP contribution in [0, 0.1) is 0 Å². The number of amides is 2. The van der Waals surface area contributed by atoms with Crippen LogP contribution in [0.15, 0.2) is 48.5 Å². The van der Waals surface area contributed by atoms with E-state index in [1.54, 1.807) is 12.0 Å². The first-order chi connectivity index (χ1) is 13.7. The van der Waals surface area contributed by atoms with Gasteiger partial charge in [-0.2, -0.15) is 0 Å². The predicted octanol–water partition coefficient (Wildman–Crippen LogP) is 4.41. The van der Waals surface area contributed by atoms with Crippen LogP contribution in [0.2, 0.25) is 0 Å². The summed E-state index contributed by atoms with van der Waals surface area (Å²) in [6, 6.07) is 15.7. The first-order valence-electron chi connectivity index (χ1n) is 9.98. The summed E-state index contributed by atoms with van der Waals surface area (Å²) in [5, 5.41) is 2.91. The fraction of sp³-hybridized carbons (Fsp3) is 0.417. The van der Waals surface area contributed by atoms with Crippen LogP contribution in [0.5, 0.6) is 5.75 Å². The molecule has 156 valence electrons. The van der Waals surface area contributed by atoms with Gasteiger partial charge >= 0.3 is 0 Å². The molecule has 0 fully saturated rings. The molecule has 2 aromatic carbocycles. The zero-order valence-corrected chi connectivity index (χ0v) is 18.1. The molecule has 0 aliphatic rings. The van der Waals surface area contributed by atoms with Crippen molar-refractivity contribution in [3.05, 3.63) is 59.7 Å². The van der Waals surface area contributed by atoms with Gasteiger partial charge in [-0.1, -0.05) is 45.0 Å². The molecule has 0 unspecified atom stereocenters. The van der Waals surface area contributed by atoms with E-state index in [0.717, 1.165) is 23.4 Å². The molecule has 0 heterocycles. The Morgan fingerprint density at radius 2 is 1.59 bits per heavy atom. The van der Waals surface area contributed by atoms with E-state index in [0.29, 0.717) is 13.1 Å². The van der Waals surface area contributed by atoms with Gasteiger partial charge in [-0.25, -0.2) is 0 Å². The lowest BCUT2D eigenvalue weighted by atomic mass is 9.87. The number of nitrogens with zero attached hydrogens (tertiary/aromatic N) is 1. The number of methoxy groups -OCH3 is 1. The van der Waals surface area contributed by atoms with Crippen LogP contribution in [0.4, 0.5) is 5.69 Å². The van der Waals surface area contributed by atoms with Crippen LogP contribution >= 0.6 is 0 Å². The quantitative estimate of drug-likeness (QED) is 0.719. The maximum absolute atomic E-state index is 12.3. The molecule has 1 N–H and O–H groups in total. The van der Waals surface area contributed by atoms with Crippen molar-refractivity contribution in [2.45, 2.75) is 46.0 Å². The lowest BCUT2D eigenvalue weighted by Crippen LogP contribution is -2.33. The van der Waals surface area contributed by atoms with Gasteiger partial charge in [0, 0.05) is 32.1 Å². The number of ether oxygens (including phenoxy) is 1. The van der Waals surface area contributed by atoms with Crippen LogP contribution in [0.1, 0.15) is 45.2 Å². The number of anilines is 1. The fourth-order valence-corrected chi connectivity index (χ4v) is 3.00. The van der Waals surface area contributed by atoms with Crippen LogP contribution in [-0.2, 0) is 21.4 Å². The normalized spacial score (nSPS) is 11.1. The maximum Gasteiger partial charge on any atom is 0.226 e. The highest BCUT2D eigenvalue weighted by atomic mass is 16.5. The van der Waals surface area contributed by atoms with Crippen molar-refractivity contribution in [2.24, 2.45) is 0 Å². The van der Waals surface area contributed by atoms with Crippen LogP contribution < -0.4 is 10.1 Å². The first-order valence-corrected chi connectivity index (χ1v) is 9.98. The van der Waals surface area contributed by atoms with Gasteiger partial charge in [0.25, 0.3) is 0 Å². The second-order valence-electron chi connectivity index (χ2n) is 8.23. The average Bonchev–Trinajstić information content (AvgIpc) is 2.67. The van der Waals surface area contributed by atoms with Crippen molar-refractivity contribution < 1.29 is 14.3 Å². The molecule has 29 heavy (non-hydrogen) atoms. The minimum absolute atomic E-state index is 0.0270. The van der Waals surface area contributed by atoms with E-state index in [4.69, 9.17) is 4.74 Å². The Bertz CT molecular complexity index is 806. The number of nitrogens with one attached hydrogen (secondary N) is 1. The molecule has 0 aliphatic heterocycles. The Kier molecular flexibility index (Phi) is 7.82. The Balaban J connectivity index is 1.84. The molecule has 5 heteroatoms. The number of rotatable bonds is 8. The molecule has 2 rings (SSSR count). The number of hydrogen-bond acceptors (Lipinski definition) is 3. The van der Waals surface area contributed by atoms with Crippen LogP contribution in [0.25, 0.3) is 0 Å². The molecule has 0 atom stereocenters. The zero-order chi connectivity index (χ0) is 21.4. The van der Waals surface area contributed by atoms with Gasteiger partial charge in [-0.3, -0.25) is 9.59 Å². The average molecular weight is 397 g/mol. The summed E-state index contributed by atoms with van der Waals surface area (Å²) < 4.78 is 5.16. The van der Waals surface area contributed by atoms with Gasteiger partial charge in [0.15, 0.2) is 0 Å². The molecule has 0 bridgehead atoms. The van der Waals surface area contributed by atoms with Gasteiger partial charge in [-0.15, -0.1) is 0 Å². The second kappa shape index (κ2) is 10.1. The molecule has 2 amide bonds. The van der Waals surface area contributed by atoms with Crippen molar-refractivity contribution in [1.82, 2.24) is 4.90 Å². The zero-order valence-electron chi connectivity index (χ0n) is 18.1. The lowest BCUT2D eigenvalue weighted by molar-refractivity contribution is -0.129. The third-order valence-corrected chi connectivity index (χ3v) is 4.92. The van der Waals surface area contributed by atoms with Gasteiger partial charge in [0.1, 0.15) is 5.75 Å². The van der Waals surface area contributed by atoms with E-state index in [2.05, 4.69) is 26.1 Å². The summed E-state index contributed by atoms with van der Waals surface area (Å²) in [5.41, 5.74) is 3.20. The van der Waals surface area contributed by atoms with Gasteiger partial charge in [-0.05, 0) is 47.2 Å². The van der Waals surface area contributed by atoms with E-state index in [-0.39, 0.29) is 23.7 Å². The number of benzene rings is 2. The standard InChI is InChI=1S/C24H32N2O3/c1-18(27)26(16-14-19-6-12-22(29-5)13-7-19)17-15-23(28)25-21-10-8-20(9-11-21)24(2,3)4/h6-13H,14-17H2,1-5H3,(H,25,28). The smallest absolute Gasteiger partial charge is 0.226 e. The van der Waals surface area contributed by atoms with Crippen molar-refractivity contribution in [3.8, 4) is 5.75 Å². The van der Waals surface area contributed by atoms with Gasteiger partial charge < -0.3 is 15.0 Å². The Hall–Kier alpha value is -2.82. The van der Waals surface area contributed by atoms with Crippen LogP contribution in [-0.4, -0.2) is 36.9 Å². The maximum atomic E-state index is 12.3. The Morgan fingerprint density at radius 3 is 2.10 bits per heavy atom. The minimum Gasteiger partial charge on any atom is -0.497 e. The molecule has 5 nitrogen and oxygen atoms in total. The summed E-state index contributed by atoms with van der Waals surface area (Å²) in [6.45, 7) is 8.98. The highest BCUT2D eigenvalue weighted by molar-refractivity contribution is 5.91. The molecule has 2 aromatic rings. The highest BCUT2D eigenvalue weighted by Crippen LogP contribution is 2.23. The molecule has 0 aliphatic carbocycles. The summed E-state index contributed by atoms with van der Waals surface area (Å²) in [5.74, 6) is 0.689. The highest BCUT2D eigenvalue weighted by Gasteiger charge is 2.14. The molecule has 0 saturated carbocycles. The summed E-state index contributed by atoms with van der Waals surface area (Å²) in [6.07, 6.45) is 1.00. The van der Waals surface area contributed by atoms with Crippen molar-refractivity contribution in [2.75, 3.05) is 25.5 Å². The summed E-state index contributed by atoms with van der Waals surface area (Å²) in [7, 11) is 1.64. The molecule has 0 radical (unpaired) electrons. The van der Waals surface area contributed by atoms with E-state index >= 15 is 0 Å². The van der Waals surface area contributed by atoms with Gasteiger partial charge in [0.05, 0.1) is 7.11 Å². The van der Waals surface area contributed by atoms with E-state index in [1.165, 1.54) is 12.5 Å². The number of carbonyl (C=O) groups excluding carboxylic acids is 2. The minimum atomic E-state index is -0.0933. The molecule has 0 spiro atoms. The predicted molar refractivity (Wildman–Crippen MR) is 117 cm³/mol. The third-order valence-electron chi connectivity index (χ3n) is 4.92. The van der Waals surface area contributed by atoms with Crippen molar-refractivity contribution in [3.63, 3.8) is 0 Å². The number of hydrogen-bond donors (Lipinski definition) is 1. The fourth-order valence-electron chi connectivity index (χ4n) is 3.00. The number of carbonyl (C=O) groups is 2. The molecular weight excluding hydrogens is 364 g/mol. The first kappa shape index (κ1) is 22.5. The molecule has 0 saturated heterocycles. The molecular formula is C24H32N2O3. The summed E-state index contributed by atoms with van der Waals surface area (Å²) >= 11 is 0. The Morgan fingerprint density at radius 1 is 0.966 bits per heavy atom. The third kappa shape index (κ3) is 7.26. The van der Waals surface area contributed by atoms with E-state index in [9.17, 15) is 9.59 Å². The largest absolute Gasteiger partial charge is 0.497 e. The molecule has 0 aromatic heterocycles. The van der Waals surface area contributed by atoms with E-state index < -0.39 is 0 Å².